The van der Waals surface area contributed by atoms with Gasteiger partial charge in [0.25, 0.3) is 10.0 Å². The molecule has 0 radical (unpaired) electrons. The summed E-state index contributed by atoms with van der Waals surface area (Å²) < 4.78 is 57.7. The first-order valence-corrected chi connectivity index (χ1v) is 12.8. The van der Waals surface area contributed by atoms with Crippen LogP contribution in [0.25, 0.3) is 22.4 Å². The summed E-state index contributed by atoms with van der Waals surface area (Å²) in [5.74, 6) is -2.18. The second kappa shape index (κ2) is 9.26. The Balaban J connectivity index is 1.54. The Morgan fingerprint density at radius 1 is 0.972 bits per heavy atom. The highest BCUT2D eigenvalue weighted by Gasteiger charge is 2.23. The van der Waals surface area contributed by atoms with Gasteiger partial charge in [-0.15, -0.1) is 11.3 Å². The topological polar surface area (TPSA) is 136 Å². The molecule has 36 heavy (non-hydrogen) atoms. The SMILES string of the molecule is Nc1nc(-c2ccc3ncnc(Nc4c(F)ccc(NS(=O)(=O)c5ccccc5Cl)c4F)c3n2)cs1. The number of nitrogen functional groups attached to an aromatic ring is 1. The third-order valence-electron chi connectivity index (χ3n) is 4.97. The third-order valence-corrected chi connectivity index (χ3v) is 7.51. The first kappa shape index (κ1) is 23.8. The number of anilines is 4. The largest absolute Gasteiger partial charge is 0.375 e. The molecule has 3 aromatic heterocycles. The monoisotopic (exact) mass is 545 g/mol. The minimum Gasteiger partial charge on any atom is -0.375 e. The molecule has 5 aromatic rings. The molecule has 182 valence electrons. The number of nitrogens with one attached hydrogen (secondary N) is 2. The molecule has 2 aromatic carbocycles. The number of pyridine rings is 1. The standard InChI is InChI=1S/C22H14ClF2N7O2S2/c23-11-3-1-2-4-17(11)36(33,34)32-14-6-5-12(24)19(18(14)25)31-21-20-15(27-10-28-21)8-7-13(29-20)16-9-35-22(26)30-16/h1-10,32H,(H2,26,30)(H,27,28,31). The van der Waals surface area contributed by atoms with Crippen molar-refractivity contribution in [2.75, 3.05) is 15.8 Å². The summed E-state index contributed by atoms with van der Waals surface area (Å²) in [5, 5.41) is 4.60. The van der Waals surface area contributed by atoms with E-state index in [1.165, 1.54) is 35.9 Å². The Labute approximate surface area is 212 Å². The quantitative estimate of drug-likeness (QED) is 0.265. The number of nitrogens with zero attached hydrogens (tertiary/aromatic N) is 4. The van der Waals surface area contributed by atoms with Crippen LogP contribution < -0.4 is 15.8 Å². The zero-order chi connectivity index (χ0) is 25.4. The number of benzene rings is 2. The van der Waals surface area contributed by atoms with Gasteiger partial charge in [-0.05, 0) is 36.4 Å². The van der Waals surface area contributed by atoms with E-state index < -0.39 is 33.0 Å². The highest BCUT2D eigenvalue weighted by molar-refractivity contribution is 7.92. The minimum absolute atomic E-state index is 0.00559. The fraction of sp³-hybridized carbons (Fsp3) is 0. The number of halogens is 3. The number of sulfonamides is 1. The average molecular weight is 546 g/mol. The van der Waals surface area contributed by atoms with Crippen LogP contribution in [0, 0.1) is 11.6 Å². The molecule has 0 aliphatic carbocycles. The normalized spacial score (nSPS) is 11.5. The molecule has 0 atom stereocenters. The molecule has 0 saturated heterocycles. The van der Waals surface area contributed by atoms with Crippen LogP contribution in [0.4, 0.5) is 31.1 Å². The van der Waals surface area contributed by atoms with E-state index in [9.17, 15) is 12.8 Å². The van der Waals surface area contributed by atoms with E-state index in [0.717, 1.165) is 12.1 Å². The van der Waals surface area contributed by atoms with Crippen LogP contribution >= 0.6 is 22.9 Å². The van der Waals surface area contributed by atoms with Crippen molar-refractivity contribution in [1.29, 1.82) is 0 Å². The summed E-state index contributed by atoms with van der Waals surface area (Å²) in [6.07, 6.45) is 1.20. The van der Waals surface area contributed by atoms with Gasteiger partial charge in [0, 0.05) is 5.38 Å². The lowest BCUT2D eigenvalue weighted by Gasteiger charge is -2.14. The molecule has 0 saturated carbocycles. The number of aromatic nitrogens is 4. The Hall–Kier alpha value is -3.94. The maximum absolute atomic E-state index is 15.4. The Kier molecular flexibility index (Phi) is 6.12. The van der Waals surface area contributed by atoms with Gasteiger partial charge >= 0.3 is 0 Å². The summed E-state index contributed by atoms with van der Waals surface area (Å²) in [7, 11) is -4.26. The molecule has 0 aliphatic heterocycles. The molecule has 0 fully saturated rings. The van der Waals surface area contributed by atoms with Crippen molar-refractivity contribution in [2.24, 2.45) is 0 Å². The van der Waals surface area contributed by atoms with E-state index in [1.54, 1.807) is 23.6 Å². The van der Waals surface area contributed by atoms with Crippen molar-refractivity contribution < 1.29 is 17.2 Å². The van der Waals surface area contributed by atoms with Gasteiger partial charge in [0.05, 0.1) is 21.9 Å². The summed E-state index contributed by atoms with van der Waals surface area (Å²) in [4.78, 5) is 16.6. The predicted octanol–water partition coefficient (Wildman–Crippen LogP) is 5.21. The lowest BCUT2D eigenvalue weighted by Crippen LogP contribution is -2.15. The molecular formula is C22H14ClF2N7O2S2. The van der Waals surface area contributed by atoms with Crippen molar-refractivity contribution in [3.63, 3.8) is 0 Å². The van der Waals surface area contributed by atoms with Crippen molar-refractivity contribution in [3.05, 3.63) is 76.9 Å². The molecular weight excluding hydrogens is 532 g/mol. The van der Waals surface area contributed by atoms with E-state index >= 15 is 4.39 Å². The second-order valence-corrected chi connectivity index (χ2v) is 10.3. The smallest absolute Gasteiger partial charge is 0.263 e. The van der Waals surface area contributed by atoms with Crippen molar-refractivity contribution in [3.8, 4) is 11.4 Å². The first-order valence-electron chi connectivity index (χ1n) is 10.1. The molecule has 0 aliphatic rings. The zero-order valence-electron chi connectivity index (χ0n) is 17.9. The van der Waals surface area contributed by atoms with Crippen LogP contribution in [0.15, 0.2) is 65.1 Å². The minimum atomic E-state index is -4.26. The van der Waals surface area contributed by atoms with Crippen LogP contribution in [-0.2, 0) is 10.0 Å². The van der Waals surface area contributed by atoms with Crippen molar-refractivity contribution >= 4 is 66.3 Å². The Bertz CT molecular complexity index is 1730. The van der Waals surface area contributed by atoms with Gasteiger partial charge in [-0.1, -0.05) is 23.7 Å². The molecule has 0 amide bonds. The second-order valence-electron chi connectivity index (χ2n) is 7.30. The molecule has 0 bridgehead atoms. The fourth-order valence-corrected chi connectivity index (χ4v) is 5.44. The van der Waals surface area contributed by atoms with E-state index in [2.05, 4.69) is 30.0 Å². The predicted molar refractivity (Wildman–Crippen MR) is 135 cm³/mol. The van der Waals surface area contributed by atoms with Gasteiger partial charge < -0.3 is 11.1 Å². The van der Waals surface area contributed by atoms with Crippen LogP contribution in [0.2, 0.25) is 5.02 Å². The Morgan fingerprint density at radius 3 is 2.53 bits per heavy atom. The summed E-state index contributed by atoms with van der Waals surface area (Å²) in [5.41, 5.74) is 6.14. The van der Waals surface area contributed by atoms with Crippen molar-refractivity contribution in [2.45, 2.75) is 4.90 Å². The molecule has 5 rings (SSSR count). The van der Waals surface area contributed by atoms with Gasteiger partial charge in [-0.3, -0.25) is 4.72 Å². The summed E-state index contributed by atoms with van der Waals surface area (Å²) >= 11 is 7.21. The number of hydrogen-bond acceptors (Lipinski definition) is 9. The maximum Gasteiger partial charge on any atom is 0.263 e. The third kappa shape index (κ3) is 4.51. The highest BCUT2D eigenvalue weighted by atomic mass is 35.5. The van der Waals surface area contributed by atoms with E-state index in [0.29, 0.717) is 22.0 Å². The maximum atomic E-state index is 15.4. The van der Waals surface area contributed by atoms with Gasteiger partial charge in [-0.25, -0.2) is 37.1 Å². The number of nitrogens with two attached hydrogens (primary N) is 1. The first-order chi connectivity index (χ1) is 17.2. The highest BCUT2D eigenvalue weighted by Crippen LogP contribution is 2.33. The number of fused-ring (bicyclic) bond motifs is 1. The van der Waals surface area contributed by atoms with E-state index in [1.807, 2.05) is 0 Å². The van der Waals surface area contributed by atoms with E-state index in [4.69, 9.17) is 17.3 Å². The molecule has 9 nitrogen and oxygen atoms in total. The molecule has 4 N–H and O–H groups in total. The lowest BCUT2D eigenvalue weighted by molar-refractivity contribution is 0.588. The zero-order valence-corrected chi connectivity index (χ0v) is 20.3. The van der Waals surface area contributed by atoms with Crippen LogP contribution in [0.1, 0.15) is 0 Å². The number of hydrogen-bond donors (Lipinski definition) is 3. The number of rotatable bonds is 6. The summed E-state index contributed by atoms with van der Waals surface area (Å²) in [6, 6.07) is 10.9. The van der Waals surface area contributed by atoms with Gasteiger partial charge in [-0.2, -0.15) is 0 Å². The van der Waals surface area contributed by atoms with Crippen LogP contribution in [-0.4, -0.2) is 28.4 Å². The molecule has 3 heterocycles. The van der Waals surface area contributed by atoms with E-state index in [-0.39, 0.29) is 21.3 Å². The van der Waals surface area contributed by atoms with Crippen LogP contribution in [0.5, 0.6) is 0 Å². The average Bonchev–Trinajstić information content (AvgIpc) is 3.29. The molecule has 0 spiro atoms. The van der Waals surface area contributed by atoms with Gasteiger partial charge in [0.1, 0.15) is 33.9 Å². The lowest BCUT2D eigenvalue weighted by atomic mass is 10.2. The van der Waals surface area contributed by atoms with Crippen LogP contribution in [0.3, 0.4) is 0 Å². The fourth-order valence-electron chi connectivity index (χ4n) is 3.31. The van der Waals surface area contributed by atoms with Gasteiger partial charge in [0.2, 0.25) is 0 Å². The molecule has 14 heteroatoms. The Morgan fingerprint density at radius 2 is 1.78 bits per heavy atom. The van der Waals surface area contributed by atoms with Gasteiger partial charge in [0.15, 0.2) is 16.8 Å². The molecule has 0 unspecified atom stereocenters. The number of thiazole rings is 1. The van der Waals surface area contributed by atoms with Crippen molar-refractivity contribution in [1.82, 2.24) is 19.9 Å². The summed E-state index contributed by atoms with van der Waals surface area (Å²) in [6.45, 7) is 0.